The zero-order valence-electron chi connectivity index (χ0n) is 13.3. The van der Waals surface area contributed by atoms with Crippen LogP contribution in [-0.2, 0) is 11.1 Å². The molecule has 0 bridgehead atoms. The maximum absolute atomic E-state index is 11.0. The van der Waals surface area contributed by atoms with Gasteiger partial charge in [-0.05, 0) is 33.0 Å². The van der Waals surface area contributed by atoms with Crippen molar-refractivity contribution in [2.75, 3.05) is 11.2 Å². The molecule has 3 nitrogen and oxygen atoms in total. The minimum atomic E-state index is -1.88. The molecule has 0 aliphatic heterocycles. The Labute approximate surface area is 164 Å². The van der Waals surface area contributed by atoms with Crippen molar-refractivity contribution in [3.05, 3.63) is 66.7 Å². The maximum Gasteiger partial charge on any atom is 1.00 e. The minimum Gasteiger partial charge on any atom is -0.371 e. The van der Waals surface area contributed by atoms with Crippen LogP contribution in [0, 0.1) is 0 Å². The van der Waals surface area contributed by atoms with E-state index in [0.29, 0.717) is 0 Å². The first-order valence-corrected chi connectivity index (χ1v) is 8.66. The summed E-state index contributed by atoms with van der Waals surface area (Å²) in [5, 5.41) is 10.00. The van der Waals surface area contributed by atoms with Gasteiger partial charge in [-0.25, -0.2) is 4.21 Å². The van der Waals surface area contributed by atoms with Crippen molar-refractivity contribution in [3.63, 3.8) is 0 Å². The van der Waals surface area contributed by atoms with Gasteiger partial charge in [0.05, 0.1) is 0 Å². The van der Waals surface area contributed by atoms with E-state index < -0.39 is 11.1 Å². The van der Waals surface area contributed by atoms with E-state index in [9.17, 15) is 4.21 Å². The topological polar surface area (TPSA) is 49.3 Å². The molecule has 1 atom stereocenters. The van der Waals surface area contributed by atoms with Crippen LogP contribution in [0.5, 0.6) is 0 Å². The molecule has 1 unspecified atom stereocenters. The van der Waals surface area contributed by atoms with E-state index in [2.05, 4.69) is 41.7 Å². The van der Waals surface area contributed by atoms with Crippen LogP contribution in [0.2, 0.25) is 0 Å². The number of hydrogen-bond acceptors (Lipinski definition) is 2. The van der Waals surface area contributed by atoms with Crippen LogP contribution < -0.4 is 34.9 Å². The van der Waals surface area contributed by atoms with Gasteiger partial charge in [-0.1, -0.05) is 60.7 Å². The number of benzene rings is 4. The molecule has 0 fully saturated rings. The minimum absolute atomic E-state index is 0. The first-order valence-electron chi connectivity index (χ1n) is 7.38. The molecule has 0 aromatic heterocycles. The molecule has 0 spiro atoms. The summed E-state index contributed by atoms with van der Waals surface area (Å²) < 4.78 is 20.1. The number of anilines is 1. The summed E-state index contributed by atoms with van der Waals surface area (Å²) >= 11 is -1.88. The number of hydrogen-bond donors (Lipinski definition) is 2. The zero-order chi connectivity index (χ0) is 15.8. The molecule has 0 aliphatic carbocycles. The fraction of sp³-hybridized carbons (Fsp3) is 0.0526. The Morgan fingerprint density at radius 3 is 2.17 bits per heavy atom. The van der Waals surface area contributed by atoms with Crippen molar-refractivity contribution < 1.29 is 38.3 Å². The molecule has 4 aromatic rings. The van der Waals surface area contributed by atoms with E-state index in [1.54, 1.807) is 0 Å². The van der Waals surface area contributed by atoms with Gasteiger partial charge in [0.15, 0.2) is 11.1 Å². The Bertz CT molecular complexity index is 1060. The molecule has 114 valence electrons. The summed E-state index contributed by atoms with van der Waals surface area (Å²) in [4.78, 5) is 0. The molecule has 4 rings (SSSR count). The van der Waals surface area contributed by atoms with Crippen LogP contribution in [0.25, 0.3) is 32.3 Å². The first-order chi connectivity index (χ1) is 11.2. The molecule has 0 radical (unpaired) electrons. The third-order valence-electron chi connectivity index (χ3n) is 4.15. The van der Waals surface area contributed by atoms with Crippen LogP contribution in [0.3, 0.4) is 0 Å². The fourth-order valence-electron chi connectivity index (χ4n) is 3.15. The van der Waals surface area contributed by atoms with Crippen molar-refractivity contribution in [1.82, 2.24) is 0 Å². The predicted molar refractivity (Wildman–Crippen MR) is 98.2 cm³/mol. The summed E-state index contributed by atoms with van der Waals surface area (Å²) in [5.41, 5.74) is 0.881. The molecule has 0 aliphatic rings. The van der Waals surface area contributed by atoms with Crippen LogP contribution >= 0.6 is 0 Å². The van der Waals surface area contributed by atoms with E-state index in [0.717, 1.165) is 21.8 Å². The second-order valence-corrected chi connectivity index (χ2v) is 6.43. The Balaban J connectivity index is 0.00000169. The van der Waals surface area contributed by atoms with Crippen LogP contribution in [0.4, 0.5) is 5.69 Å². The third kappa shape index (κ3) is 3.08. The Hall–Kier alpha value is -1.43. The van der Waals surface area contributed by atoms with Gasteiger partial charge in [0.25, 0.3) is 0 Å². The van der Waals surface area contributed by atoms with Crippen molar-refractivity contribution in [2.45, 2.75) is 0 Å². The Morgan fingerprint density at radius 2 is 1.42 bits per heavy atom. The second kappa shape index (κ2) is 7.21. The summed E-state index contributed by atoms with van der Waals surface area (Å²) in [5.74, 6) is 0.0142. The van der Waals surface area contributed by atoms with Gasteiger partial charge >= 0.3 is 29.6 Å². The summed E-state index contributed by atoms with van der Waals surface area (Å²) in [6, 6.07) is 22.8. The van der Waals surface area contributed by atoms with Gasteiger partial charge in [-0.3, -0.25) is 0 Å². The molecule has 5 heteroatoms. The summed E-state index contributed by atoms with van der Waals surface area (Å²) in [6.45, 7) is 0. The van der Waals surface area contributed by atoms with E-state index >= 15 is 0 Å². The molecule has 0 saturated heterocycles. The zero-order valence-corrected chi connectivity index (χ0v) is 16.1. The van der Waals surface area contributed by atoms with Gasteiger partial charge in [0, 0.05) is 11.1 Å². The monoisotopic (exact) mass is 344 g/mol. The van der Waals surface area contributed by atoms with Crippen molar-refractivity contribution in [1.29, 1.82) is 0 Å². The van der Waals surface area contributed by atoms with Crippen LogP contribution in [0.15, 0.2) is 66.7 Å². The summed E-state index contributed by atoms with van der Waals surface area (Å²) in [6.07, 6.45) is 0. The van der Waals surface area contributed by atoms with Gasteiger partial charge in [-0.15, -0.1) is 0 Å². The van der Waals surface area contributed by atoms with Gasteiger partial charge in [0.2, 0.25) is 0 Å². The predicted octanol–water partition coefficient (Wildman–Crippen LogP) is 1.74. The second-order valence-electron chi connectivity index (χ2n) is 5.49. The van der Waals surface area contributed by atoms with Crippen LogP contribution in [-0.4, -0.2) is 14.6 Å². The average Bonchev–Trinajstić information content (AvgIpc) is 2.59. The number of fused-ring (bicyclic) bond motifs is 5. The maximum atomic E-state index is 11.0. The normalized spacial score (nSPS) is 12.2. The van der Waals surface area contributed by atoms with E-state index in [1.807, 2.05) is 30.3 Å². The Morgan fingerprint density at radius 1 is 0.792 bits per heavy atom. The van der Waals surface area contributed by atoms with Crippen LogP contribution in [0.1, 0.15) is 0 Å². The largest absolute Gasteiger partial charge is 1.00 e. The Kier molecular flexibility index (Phi) is 5.23. The molecular formula is C19H15NNaO2S+. The third-order valence-corrected chi connectivity index (χ3v) is 4.54. The quantitative estimate of drug-likeness (QED) is 0.338. The van der Waals surface area contributed by atoms with Gasteiger partial charge in [0.1, 0.15) is 5.88 Å². The molecular weight excluding hydrogens is 329 g/mol. The van der Waals surface area contributed by atoms with Crippen molar-refractivity contribution in [3.8, 4) is 0 Å². The molecule has 0 amide bonds. The average molecular weight is 344 g/mol. The van der Waals surface area contributed by atoms with Gasteiger partial charge < -0.3 is 9.87 Å². The molecule has 4 aromatic carbocycles. The van der Waals surface area contributed by atoms with Crippen molar-refractivity contribution in [2.24, 2.45) is 0 Å². The number of nitrogens with one attached hydrogen (secondary N) is 1. The summed E-state index contributed by atoms with van der Waals surface area (Å²) in [7, 11) is 0. The smallest absolute Gasteiger partial charge is 0.371 e. The van der Waals surface area contributed by atoms with E-state index in [-0.39, 0.29) is 35.4 Å². The van der Waals surface area contributed by atoms with E-state index in [4.69, 9.17) is 4.55 Å². The first kappa shape index (κ1) is 17.4. The fourth-order valence-corrected chi connectivity index (χ4v) is 3.43. The molecule has 2 N–H and O–H groups in total. The van der Waals surface area contributed by atoms with Crippen molar-refractivity contribution >= 4 is 49.1 Å². The standard InChI is InChI=1S/C19H15NO2S.Na/c21-23(22)12-20-19-11-18-14-6-2-1-5-13(14)9-10-16(18)15-7-3-4-8-17(15)19;/h1-11,20H,12H2,(H,21,22);/q;+1. The number of rotatable bonds is 3. The molecule has 0 saturated carbocycles. The van der Waals surface area contributed by atoms with E-state index in [1.165, 1.54) is 16.2 Å². The molecule has 24 heavy (non-hydrogen) atoms. The molecule has 0 heterocycles. The SMILES string of the molecule is O=S(O)CNc1cc2c3ccccc3ccc2c2ccccc12.[Na+]. The van der Waals surface area contributed by atoms with Gasteiger partial charge in [-0.2, -0.15) is 0 Å².